The van der Waals surface area contributed by atoms with Crippen LogP contribution in [0.1, 0.15) is 11.7 Å². The van der Waals surface area contributed by atoms with Gasteiger partial charge in [0.2, 0.25) is 5.95 Å². The number of aromatic nitrogens is 2. The zero-order valence-electron chi connectivity index (χ0n) is 11.0. The number of nitrogens with one attached hydrogen (secondary N) is 1. The highest BCUT2D eigenvalue weighted by atomic mass is 19.1. The van der Waals surface area contributed by atoms with Crippen molar-refractivity contribution in [3.05, 3.63) is 59.9 Å². The number of hydrogen-bond donors (Lipinski definition) is 2. The Morgan fingerprint density at radius 3 is 2.86 bits per heavy atom. The molecule has 0 saturated carbocycles. The van der Waals surface area contributed by atoms with Crippen LogP contribution in [-0.2, 0) is 0 Å². The molecule has 0 fully saturated rings. The molecule has 0 saturated heterocycles. The summed E-state index contributed by atoms with van der Waals surface area (Å²) in [4.78, 5) is 8.90. The summed E-state index contributed by atoms with van der Waals surface area (Å²) >= 11 is 0. The van der Waals surface area contributed by atoms with E-state index in [0.29, 0.717) is 5.95 Å². The number of hydrogen-bond acceptors (Lipinski definition) is 4. The van der Waals surface area contributed by atoms with Crippen LogP contribution in [0.2, 0.25) is 0 Å². The summed E-state index contributed by atoms with van der Waals surface area (Å²) in [5, 5.41) is 2.95. The topological polar surface area (TPSA) is 68.2 Å². The highest BCUT2D eigenvalue weighted by molar-refractivity contribution is 5.94. The van der Waals surface area contributed by atoms with Crippen molar-refractivity contribution in [3.63, 3.8) is 0 Å². The predicted octanol–water partition coefficient (Wildman–Crippen LogP) is 2.46. The fourth-order valence-corrected chi connectivity index (χ4v) is 2.61. The van der Waals surface area contributed by atoms with Crippen molar-refractivity contribution < 1.29 is 4.39 Å². The van der Waals surface area contributed by atoms with Gasteiger partial charge in [-0.3, -0.25) is 9.88 Å². The van der Waals surface area contributed by atoms with Gasteiger partial charge in [-0.1, -0.05) is 24.3 Å². The molecular formula is C15H12FN5. The summed E-state index contributed by atoms with van der Waals surface area (Å²) < 4.78 is 15.4. The van der Waals surface area contributed by atoms with E-state index < -0.39 is 6.17 Å². The number of guanidine groups is 1. The average Bonchev–Trinajstić information content (AvgIpc) is 2.84. The molecule has 104 valence electrons. The van der Waals surface area contributed by atoms with E-state index in [1.807, 2.05) is 34.9 Å². The Hall–Kier alpha value is -2.89. The normalized spacial score (nSPS) is 17.2. The minimum atomic E-state index is -0.427. The third kappa shape index (κ3) is 1.84. The molecule has 5 nitrogen and oxygen atoms in total. The summed E-state index contributed by atoms with van der Waals surface area (Å²) in [6.45, 7) is 0. The zero-order chi connectivity index (χ0) is 14.4. The SMILES string of the molecule is NC1=N[C@H](c2cccc(F)c2)n2c(nc3ccccc32)N1. The standard InChI is InChI=1S/C15H12FN5/c16-10-5-3-4-9(8-10)13-19-14(17)20-15-18-11-6-1-2-7-12(11)21(13)15/h1-8,13H,(H3,17,18,19,20)/t13-/m0/s1. The van der Waals surface area contributed by atoms with Crippen LogP contribution in [0.15, 0.2) is 53.5 Å². The van der Waals surface area contributed by atoms with Gasteiger partial charge in [0.15, 0.2) is 12.1 Å². The summed E-state index contributed by atoms with van der Waals surface area (Å²) in [7, 11) is 0. The van der Waals surface area contributed by atoms with Gasteiger partial charge in [0, 0.05) is 0 Å². The van der Waals surface area contributed by atoms with Gasteiger partial charge < -0.3 is 5.73 Å². The summed E-state index contributed by atoms with van der Waals surface area (Å²) in [6, 6.07) is 14.1. The first kappa shape index (κ1) is 11.9. The van der Waals surface area contributed by atoms with Gasteiger partial charge in [-0.05, 0) is 29.8 Å². The van der Waals surface area contributed by atoms with Crippen molar-refractivity contribution in [1.82, 2.24) is 9.55 Å². The Labute approximate surface area is 119 Å². The Kier molecular flexibility index (Phi) is 2.44. The third-order valence-electron chi connectivity index (χ3n) is 3.49. The Morgan fingerprint density at radius 2 is 2.00 bits per heavy atom. The number of para-hydroxylation sites is 2. The minimum Gasteiger partial charge on any atom is -0.370 e. The third-order valence-corrected chi connectivity index (χ3v) is 3.49. The smallest absolute Gasteiger partial charge is 0.212 e. The lowest BCUT2D eigenvalue weighted by Gasteiger charge is -2.23. The number of nitrogens with zero attached hydrogens (tertiary/aromatic N) is 3. The number of nitrogens with two attached hydrogens (primary N) is 1. The fourth-order valence-electron chi connectivity index (χ4n) is 2.61. The van der Waals surface area contributed by atoms with Gasteiger partial charge in [0.25, 0.3) is 0 Å². The maximum Gasteiger partial charge on any atom is 0.212 e. The molecule has 0 amide bonds. The van der Waals surface area contributed by atoms with Crippen LogP contribution in [-0.4, -0.2) is 15.5 Å². The van der Waals surface area contributed by atoms with Crippen LogP contribution < -0.4 is 11.1 Å². The molecule has 0 bridgehead atoms. The van der Waals surface area contributed by atoms with E-state index in [-0.39, 0.29) is 11.8 Å². The molecule has 2 aromatic carbocycles. The van der Waals surface area contributed by atoms with E-state index in [1.54, 1.807) is 6.07 Å². The maximum absolute atomic E-state index is 13.5. The van der Waals surface area contributed by atoms with Crippen LogP contribution in [0.25, 0.3) is 11.0 Å². The molecule has 3 aromatic rings. The monoisotopic (exact) mass is 281 g/mol. The lowest BCUT2D eigenvalue weighted by atomic mass is 10.1. The second kappa shape index (κ2) is 4.31. The van der Waals surface area contributed by atoms with E-state index in [2.05, 4.69) is 15.3 Å². The highest BCUT2D eigenvalue weighted by Gasteiger charge is 2.25. The molecule has 21 heavy (non-hydrogen) atoms. The molecule has 0 aliphatic carbocycles. The van der Waals surface area contributed by atoms with Gasteiger partial charge in [-0.15, -0.1) is 0 Å². The fraction of sp³-hybridized carbons (Fsp3) is 0.0667. The van der Waals surface area contributed by atoms with Gasteiger partial charge in [-0.25, -0.2) is 14.4 Å². The molecule has 0 unspecified atom stereocenters. The lowest BCUT2D eigenvalue weighted by molar-refractivity contribution is 0.598. The van der Waals surface area contributed by atoms with E-state index in [9.17, 15) is 4.39 Å². The summed E-state index contributed by atoms with van der Waals surface area (Å²) in [5.41, 5.74) is 8.32. The van der Waals surface area contributed by atoms with Crippen LogP contribution >= 0.6 is 0 Å². The number of halogens is 1. The average molecular weight is 281 g/mol. The Morgan fingerprint density at radius 1 is 1.14 bits per heavy atom. The quantitative estimate of drug-likeness (QED) is 0.720. The van der Waals surface area contributed by atoms with Crippen LogP contribution in [0.5, 0.6) is 0 Å². The minimum absolute atomic E-state index is 0.270. The van der Waals surface area contributed by atoms with Crippen LogP contribution in [0, 0.1) is 5.82 Å². The summed E-state index contributed by atoms with van der Waals surface area (Å²) in [5.74, 6) is 0.579. The molecule has 3 N–H and O–H groups in total. The molecule has 0 spiro atoms. The van der Waals surface area contributed by atoms with E-state index in [4.69, 9.17) is 5.73 Å². The van der Waals surface area contributed by atoms with E-state index in [0.717, 1.165) is 16.6 Å². The van der Waals surface area contributed by atoms with Gasteiger partial charge >= 0.3 is 0 Å². The van der Waals surface area contributed by atoms with Crippen molar-refractivity contribution in [2.75, 3.05) is 5.32 Å². The maximum atomic E-state index is 13.5. The van der Waals surface area contributed by atoms with Crippen LogP contribution in [0.3, 0.4) is 0 Å². The number of fused-ring (bicyclic) bond motifs is 3. The molecular weight excluding hydrogens is 269 g/mol. The summed E-state index contributed by atoms with van der Waals surface area (Å²) in [6.07, 6.45) is -0.427. The second-order valence-electron chi connectivity index (χ2n) is 4.86. The molecule has 0 radical (unpaired) electrons. The lowest BCUT2D eigenvalue weighted by Crippen LogP contribution is -2.31. The van der Waals surface area contributed by atoms with Crippen molar-refractivity contribution in [2.45, 2.75) is 6.17 Å². The molecule has 1 aliphatic heterocycles. The molecule has 4 rings (SSSR count). The molecule has 2 heterocycles. The van der Waals surface area contributed by atoms with Gasteiger partial charge in [0.1, 0.15) is 5.82 Å². The van der Waals surface area contributed by atoms with Crippen molar-refractivity contribution in [1.29, 1.82) is 0 Å². The largest absolute Gasteiger partial charge is 0.370 e. The van der Waals surface area contributed by atoms with Crippen molar-refractivity contribution in [2.24, 2.45) is 10.7 Å². The second-order valence-corrected chi connectivity index (χ2v) is 4.86. The molecule has 1 aromatic heterocycles. The van der Waals surface area contributed by atoms with E-state index >= 15 is 0 Å². The predicted molar refractivity (Wildman–Crippen MR) is 79.5 cm³/mol. The first-order valence-corrected chi connectivity index (χ1v) is 6.55. The van der Waals surface area contributed by atoms with Gasteiger partial charge in [-0.2, -0.15) is 0 Å². The van der Waals surface area contributed by atoms with Crippen LogP contribution in [0.4, 0.5) is 10.3 Å². The number of imidazole rings is 1. The number of aliphatic imine (C=N–C) groups is 1. The first-order chi connectivity index (χ1) is 10.2. The number of benzene rings is 2. The molecule has 1 atom stereocenters. The number of anilines is 1. The number of rotatable bonds is 1. The van der Waals surface area contributed by atoms with Crippen molar-refractivity contribution in [3.8, 4) is 0 Å². The molecule has 6 heteroatoms. The Balaban J connectivity index is 1.97. The molecule has 1 aliphatic rings. The Bertz CT molecular complexity index is 867. The highest BCUT2D eigenvalue weighted by Crippen LogP contribution is 2.32. The zero-order valence-corrected chi connectivity index (χ0v) is 11.0. The van der Waals surface area contributed by atoms with Crippen molar-refractivity contribution >= 4 is 22.9 Å². The first-order valence-electron chi connectivity index (χ1n) is 6.55. The van der Waals surface area contributed by atoms with E-state index in [1.165, 1.54) is 12.1 Å². The van der Waals surface area contributed by atoms with Gasteiger partial charge in [0.05, 0.1) is 11.0 Å².